The van der Waals surface area contributed by atoms with Gasteiger partial charge in [0.05, 0.1) is 11.3 Å². The predicted octanol–water partition coefficient (Wildman–Crippen LogP) is 3.02. The molecule has 0 bridgehead atoms. The summed E-state index contributed by atoms with van der Waals surface area (Å²) in [6, 6.07) is 9.86. The third-order valence-electron chi connectivity index (χ3n) is 3.30. The molecule has 1 saturated carbocycles. The van der Waals surface area contributed by atoms with E-state index in [2.05, 4.69) is 25.2 Å². The number of para-hydroxylation sites is 1. The third kappa shape index (κ3) is 2.12. The fourth-order valence-corrected chi connectivity index (χ4v) is 1.89. The molecule has 15 heavy (non-hydrogen) atoms. The molecule has 0 saturated heterocycles. The molecule has 78 valence electrons. The van der Waals surface area contributed by atoms with Crippen LogP contribution in [0.3, 0.4) is 0 Å². The van der Waals surface area contributed by atoms with Gasteiger partial charge in [-0.15, -0.1) is 0 Å². The number of anilines is 1. The van der Waals surface area contributed by atoms with Gasteiger partial charge in [-0.1, -0.05) is 26.0 Å². The Balaban J connectivity index is 1.97. The minimum absolute atomic E-state index is 0.495. The molecule has 2 nitrogen and oxygen atoms in total. The van der Waals surface area contributed by atoms with Crippen LogP contribution in [0.4, 0.5) is 5.69 Å². The van der Waals surface area contributed by atoms with Gasteiger partial charge in [0.1, 0.15) is 6.07 Å². The Hall–Kier alpha value is -1.49. The molecule has 0 aliphatic heterocycles. The molecule has 1 aliphatic rings. The Morgan fingerprint density at radius 2 is 2.13 bits per heavy atom. The predicted molar refractivity (Wildman–Crippen MR) is 61.5 cm³/mol. The maximum absolute atomic E-state index is 8.91. The van der Waals surface area contributed by atoms with Crippen LogP contribution in [0.15, 0.2) is 24.3 Å². The first-order chi connectivity index (χ1) is 7.13. The largest absolute Gasteiger partial charge is 0.384 e. The van der Waals surface area contributed by atoms with Gasteiger partial charge in [-0.05, 0) is 29.9 Å². The first-order valence-electron chi connectivity index (χ1n) is 5.36. The van der Waals surface area contributed by atoms with Crippen LogP contribution in [-0.2, 0) is 0 Å². The summed E-state index contributed by atoms with van der Waals surface area (Å²) in [5.74, 6) is 0.754. The van der Waals surface area contributed by atoms with Gasteiger partial charge in [0.2, 0.25) is 0 Å². The lowest BCUT2D eigenvalue weighted by Crippen LogP contribution is -2.08. The summed E-state index contributed by atoms with van der Waals surface area (Å²) in [4.78, 5) is 0. The van der Waals surface area contributed by atoms with Gasteiger partial charge < -0.3 is 5.32 Å². The topological polar surface area (TPSA) is 35.8 Å². The molecule has 1 N–H and O–H groups in total. The molecule has 1 aliphatic carbocycles. The van der Waals surface area contributed by atoms with Crippen LogP contribution in [0.25, 0.3) is 0 Å². The molecular formula is C13H16N2. The average molecular weight is 200 g/mol. The number of nitriles is 1. The molecule has 0 heterocycles. The number of nitrogens with zero attached hydrogens (tertiary/aromatic N) is 1. The van der Waals surface area contributed by atoms with Gasteiger partial charge in [0.15, 0.2) is 0 Å². The Kier molecular flexibility index (Phi) is 2.40. The van der Waals surface area contributed by atoms with Gasteiger partial charge in [-0.2, -0.15) is 5.26 Å². The van der Waals surface area contributed by atoms with Crippen LogP contribution < -0.4 is 5.32 Å². The van der Waals surface area contributed by atoms with Gasteiger partial charge in [0, 0.05) is 6.54 Å². The summed E-state index contributed by atoms with van der Waals surface area (Å²) in [6.45, 7) is 5.55. The molecule has 1 aromatic rings. The Morgan fingerprint density at radius 3 is 2.73 bits per heavy atom. The summed E-state index contributed by atoms with van der Waals surface area (Å²) in [5, 5.41) is 12.3. The van der Waals surface area contributed by atoms with Crippen LogP contribution in [0.1, 0.15) is 25.8 Å². The lowest BCUT2D eigenvalue weighted by Gasteiger charge is -2.08. The van der Waals surface area contributed by atoms with Gasteiger partial charge >= 0.3 is 0 Å². The van der Waals surface area contributed by atoms with E-state index in [1.807, 2.05) is 24.3 Å². The molecule has 2 heteroatoms. The van der Waals surface area contributed by atoms with Crippen molar-refractivity contribution in [2.45, 2.75) is 20.3 Å². The van der Waals surface area contributed by atoms with Crippen LogP contribution in [0.2, 0.25) is 0 Å². The maximum atomic E-state index is 8.91. The van der Waals surface area contributed by atoms with Crippen LogP contribution in [0, 0.1) is 22.7 Å². The quantitative estimate of drug-likeness (QED) is 0.814. The zero-order chi connectivity index (χ0) is 10.9. The molecule has 0 amide bonds. The summed E-state index contributed by atoms with van der Waals surface area (Å²) in [5.41, 5.74) is 2.19. The molecular weight excluding hydrogens is 184 g/mol. The smallest absolute Gasteiger partial charge is 0.101 e. The van der Waals surface area contributed by atoms with Crippen molar-refractivity contribution in [1.29, 1.82) is 5.26 Å². The molecule has 0 spiro atoms. The van der Waals surface area contributed by atoms with E-state index in [9.17, 15) is 0 Å². The van der Waals surface area contributed by atoms with E-state index in [4.69, 9.17) is 5.26 Å². The van der Waals surface area contributed by atoms with Crippen molar-refractivity contribution in [3.63, 3.8) is 0 Å². The van der Waals surface area contributed by atoms with Crippen molar-refractivity contribution < 1.29 is 0 Å². The van der Waals surface area contributed by atoms with E-state index >= 15 is 0 Å². The minimum Gasteiger partial charge on any atom is -0.384 e. The molecule has 2 rings (SSSR count). The van der Waals surface area contributed by atoms with E-state index in [1.54, 1.807) is 0 Å². The lowest BCUT2D eigenvalue weighted by molar-refractivity contribution is 0.573. The zero-order valence-corrected chi connectivity index (χ0v) is 9.25. The van der Waals surface area contributed by atoms with Crippen LogP contribution in [0.5, 0.6) is 0 Å². The van der Waals surface area contributed by atoms with Crippen molar-refractivity contribution in [2.24, 2.45) is 11.3 Å². The number of rotatable bonds is 3. The highest BCUT2D eigenvalue weighted by atomic mass is 14.9. The Bertz CT molecular complexity index is 401. The maximum Gasteiger partial charge on any atom is 0.101 e. The highest BCUT2D eigenvalue weighted by Crippen LogP contribution is 2.51. The second kappa shape index (κ2) is 3.58. The third-order valence-corrected chi connectivity index (χ3v) is 3.30. The summed E-state index contributed by atoms with van der Waals surface area (Å²) < 4.78 is 0. The van der Waals surface area contributed by atoms with E-state index in [0.717, 1.165) is 23.7 Å². The summed E-state index contributed by atoms with van der Waals surface area (Å²) >= 11 is 0. The first kappa shape index (κ1) is 10.0. The highest BCUT2D eigenvalue weighted by molar-refractivity contribution is 5.57. The molecule has 1 unspecified atom stereocenters. The van der Waals surface area contributed by atoms with Crippen molar-refractivity contribution >= 4 is 5.69 Å². The van der Waals surface area contributed by atoms with E-state index < -0.39 is 0 Å². The monoisotopic (exact) mass is 200 g/mol. The lowest BCUT2D eigenvalue weighted by atomic mass is 10.1. The number of nitrogens with one attached hydrogen (secondary N) is 1. The molecule has 1 fully saturated rings. The number of hydrogen-bond donors (Lipinski definition) is 1. The van der Waals surface area contributed by atoms with E-state index in [1.165, 1.54) is 6.42 Å². The standard InChI is InChI=1S/C13H16N2/c1-13(2)7-11(13)9-15-12-6-4-3-5-10(12)8-14/h3-6,11,15H,7,9H2,1-2H3. The SMILES string of the molecule is CC1(C)CC1CNc1ccccc1C#N. The molecule has 0 aromatic heterocycles. The van der Waals surface area contributed by atoms with Crippen LogP contribution >= 0.6 is 0 Å². The zero-order valence-electron chi connectivity index (χ0n) is 9.25. The second-order valence-electron chi connectivity index (χ2n) is 4.93. The summed E-state index contributed by atoms with van der Waals surface area (Å²) in [6.07, 6.45) is 1.29. The second-order valence-corrected chi connectivity index (χ2v) is 4.93. The molecule has 1 atom stereocenters. The van der Waals surface area contributed by atoms with E-state index in [0.29, 0.717) is 5.41 Å². The number of benzene rings is 1. The normalized spacial score (nSPS) is 21.8. The first-order valence-corrected chi connectivity index (χ1v) is 5.36. The van der Waals surface area contributed by atoms with Gasteiger partial charge in [-0.25, -0.2) is 0 Å². The van der Waals surface area contributed by atoms with Crippen molar-refractivity contribution in [2.75, 3.05) is 11.9 Å². The van der Waals surface area contributed by atoms with Crippen molar-refractivity contribution in [1.82, 2.24) is 0 Å². The van der Waals surface area contributed by atoms with Crippen LogP contribution in [-0.4, -0.2) is 6.54 Å². The number of hydrogen-bond acceptors (Lipinski definition) is 2. The van der Waals surface area contributed by atoms with Crippen molar-refractivity contribution in [3.05, 3.63) is 29.8 Å². The Labute approximate surface area is 90.9 Å². The summed E-state index contributed by atoms with van der Waals surface area (Å²) in [7, 11) is 0. The van der Waals surface area contributed by atoms with Gasteiger partial charge in [-0.3, -0.25) is 0 Å². The fraction of sp³-hybridized carbons (Fsp3) is 0.462. The molecule has 1 aromatic carbocycles. The van der Waals surface area contributed by atoms with Crippen molar-refractivity contribution in [3.8, 4) is 6.07 Å². The fourth-order valence-electron chi connectivity index (χ4n) is 1.89. The molecule has 0 radical (unpaired) electrons. The average Bonchev–Trinajstić information content (AvgIpc) is 2.84. The Morgan fingerprint density at radius 1 is 1.47 bits per heavy atom. The minimum atomic E-state index is 0.495. The van der Waals surface area contributed by atoms with E-state index in [-0.39, 0.29) is 0 Å². The van der Waals surface area contributed by atoms with Gasteiger partial charge in [0.25, 0.3) is 0 Å². The highest BCUT2D eigenvalue weighted by Gasteiger charge is 2.44.